The number of nitrogens with zero attached hydrogens (tertiary/aromatic N) is 1. The zero-order chi connectivity index (χ0) is 17.3. The molecule has 2 saturated carbocycles. The Kier molecular flexibility index (Phi) is 4.73. The van der Waals surface area contributed by atoms with E-state index in [0.717, 1.165) is 11.8 Å². The van der Waals surface area contributed by atoms with Crippen LogP contribution in [0.3, 0.4) is 0 Å². The van der Waals surface area contributed by atoms with Gasteiger partial charge in [0.1, 0.15) is 5.75 Å². The Labute approximate surface area is 141 Å². The van der Waals surface area contributed by atoms with Crippen LogP contribution in [0.25, 0.3) is 0 Å². The van der Waals surface area contributed by atoms with Crippen LogP contribution < -0.4 is 10.1 Å². The van der Waals surface area contributed by atoms with Crippen molar-refractivity contribution >= 4 is 11.6 Å². The molecule has 1 N–H and O–H groups in total. The summed E-state index contributed by atoms with van der Waals surface area (Å²) in [6, 6.07) is 5.94. The largest absolute Gasteiger partial charge is 0.481 e. The second-order valence-corrected chi connectivity index (χ2v) is 7.15. The summed E-state index contributed by atoms with van der Waals surface area (Å²) in [6.45, 7) is 3.78. The van der Waals surface area contributed by atoms with Crippen LogP contribution in [0, 0.1) is 27.9 Å². The number of ether oxygens (including phenoxy) is 1. The zero-order valence-electron chi connectivity index (χ0n) is 14.1. The van der Waals surface area contributed by atoms with E-state index in [1.54, 1.807) is 6.92 Å². The second-order valence-electron chi connectivity index (χ2n) is 7.15. The van der Waals surface area contributed by atoms with E-state index in [0.29, 0.717) is 11.7 Å². The van der Waals surface area contributed by atoms with Crippen molar-refractivity contribution in [2.75, 3.05) is 0 Å². The maximum absolute atomic E-state index is 12.4. The maximum atomic E-state index is 12.4. The fourth-order valence-corrected chi connectivity index (χ4v) is 4.26. The van der Waals surface area contributed by atoms with E-state index in [1.807, 2.05) is 0 Å². The van der Waals surface area contributed by atoms with Crippen LogP contribution in [-0.4, -0.2) is 23.0 Å². The second kappa shape index (κ2) is 6.79. The molecule has 0 spiro atoms. The molecule has 2 aliphatic rings. The van der Waals surface area contributed by atoms with E-state index < -0.39 is 11.0 Å². The number of carbonyl (C=O) groups excluding carboxylic acids is 1. The molecule has 0 radical (unpaired) electrons. The van der Waals surface area contributed by atoms with E-state index >= 15 is 0 Å². The third-order valence-electron chi connectivity index (χ3n) is 5.53. The third-order valence-corrected chi connectivity index (χ3v) is 5.53. The first-order chi connectivity index (χ1) is 11.4. The number of nitro groups is 1. The number of nitrogens with one attached hydrogen (secondary N) is 1. The van der Waals surface area contributed by atoms with Gasteiger partial charge in [0.25, 0.3) is 11.6 Å². The van der Waals surface area contributed by atoms with Crippen LogP contribution in [0.5, 0.6) is 5.75 Å². The summed E-state index contributed by atoms with van der Waals surface area (Å²) in [5.41, 5.74) is 0.00404. The Bertz CT molecular complexity index is 616. The Morgan fingerprint density at radius 1 is 1.25 bits per heavy atom. The van der Waals surface area contributed by atoms with Crippen LogP contribution in [0.1, 0.15) is 39.5 Å². The average Bonchev–Trinajstić information content (AvgIpc) is 3.18. The summed E-state index contributed by atoms with van der Waals surface area (Å²) in [7, 11) is 0. The number of non-ortho nitro benzene ring substituents is 1. The van der Waals surface area contributed by atoms with Gasteiger partial charge in [0.05, 0.1) is 4.92 Å². The van der Waals surface area contributed by atoms with Gasteiger partial charge >= 0.3 is 0 Å². The Hall–Kier alpha value is -2.11. The molecule has 2 aliphatic carbocycles. The maximum Gasteiger partial charge on any atom is 0.269 e. The molecule has 5 atom stereocenters. The molecule has 130 valence electrons. The summed E-state index contributed by atoms with van der Waals surface area (Å²) in [4.78, 5) is 22.5. The van der Waals surface area contributed by atoms with E-state index in [4.69, 9.17) is 4.74 Å². The molecule has 1 amide bonds. The molecule has 3 rings (SSSR count). The summed E-state index contributed by atoms with van der Waals surface area (Å²) in [6.07, 6.45) is 4.56. The summed E-state index contributed by atoms with van der Waals surface area (Å²) >= 11 is 0. The number of hydrogen-bond acceptors (Lipinski definition) is 4. The number of benzene rings is 1. The van der Waals surface area contributed by atoms with Crippen molar-refractivity contribution < 1.29 is 14.5 Å². The van der Waals surface area contributed by atoms with Crippen LogP contribution in [-0.2, 0) is 4.79 Å². The molecule has 1 aromatic carbocycles. The summed E-state index contributed by atoms with van der Waals surface area (Å²) in [5.74, 6) is 2.52. The summed E-state index contributed by atoms with van der Waals surface area (Å²) in [5, 5.41) is 13.7. The topological polar surface area (TPSA) is 81.5 Å². The minimum atomic E-state index is -0.632. The lowest BCUT2D eigenvalue weighted by atomic mass is 9.84. The molecule has 0 aliphatic heterocycles. The Morgan fingerprint density at radius 3 is 2.50 bits per heavy atom. The van der Waals surface area contributed by atoms with Crippen LogP contribution in [0.2, 0.25) is 0 Å². The predicted molar refractivity (Wildman–Crippen MR) is 89.7 cm³/mol. The lowest BCUT2D eigenvalue weighted by Gasteiger charge is -2.29. The van der Waals surface area contributed by atoms with Crippen LogP contribution >= 0.6 is 0 Å². The number of rotatable bonds is 6. The fraction of sp³-hybridized carbons (Fsp3) is 0.611. The quantitative estimate of drug-likeness (QED) is 0.640. The molecular weight excluding hydrogens is 308 g/mol. The van der Waals surface area contributed by atoms with Crippen molar-refractivity contribution in [3.05, 3.63) is 34.4 Å². The Balaban J connectivity index is 1.51. The first-order valence-corrected chi connectivity index (χ1v) is 8.65. The van der Waals surface area contributed by atoms with Crippen molar-refractivity contribution in [2.24, 2.45) is 17.8 Å². The van der Waals surface area contributed by atoms with E-state index in [-0.39, 0.29) is 17.6 Å². The predicted octanol–water partition coefficient (Wildman–Crippen LogP) is 3.30. The van der Waals surface area contributed by atoms with Gasteiger partial charge in [-0.25, -0.2) is 0 Å². The zero-order valence-corrected chi connectivity index (χ0v) is 14.1. The molecule has 1 aromatic rings. The van der Waals surface area contributed by atoms with Crippen molar-refractivity contribution in [1.29, 1.82) is 0 Å². The van der Waals surface area contributed by atoms with Gasteiger partial charge in [-0.1, -0.05) is 6.42 Å². The van der Waals surface area contributed by atoms with E-state index in [2.05, 4.69) is 12.2 Å². The number of nitro benzene ring substituents is 1. The number of amides is 1. The lowest BCUT2D eigenvalue weighted by molar-refractivity contribution is -0.384. The number of hydrogen-bond donors (Lipinski definition) is 1. The first kappa shape index (κ1) is 16.7. The van der Waals surface area contributed by atoms with Gasteiger partial charge in [-0.05, 0) is 63.0 Å². The molecular formula is C18H24N2O4. The molecule has 6 heteroatoms. The molecule has 24 heavy (non-hydrogen) atoms. The van der Waals surface area contributed by atoms with Crippen LogP contribution in [0.4, 0.5) is 5.69 Å². The van der Waals surface area contributed by atoms with Gasteiger partial charge in [-0.2, -0.15) is 0 Å². The van der Waals surface area contributed by atoms with Crippen LogP contribution in [0.15, 0.2) is 24.3 Å². The van der Waals surface area contributed by atoms with Crippen molar-refractivity contribution in [3.8, 4) is 5.75 Å². The van der Waals surface area contributed by atoms with E-state index in [9.17, 15) is 14.9 Å². The van der Waals surface area contributed by atoms with Gasteiger partial charge in [0.2, 0.25) is 0 Å². The molecule has 0 aromatic heterocycles. The molecule has 6 nitrogen and oxygen atoms in total. The standard InChI is InChI=1S/C18H24N2O4/c1-11(17-10-13-3-4-14(17)9-13)19-18(21)12(2)24-16-7-5-15(6-8-16)20(22)23/h5-8,11-14,17H,3-4,9-10H2,1-2H3,(H,19,21)/t11-,12-,13-,14-,17+/m1/s1. The first-order valence-electron chi connectivity index (χ1n) is 8.65. The SMILES string of the molecule is C[C@@H](Oc1ccc([N+](=O)[O-])cc1)C(=O)N[C@H](C)[C@@H]1C[C@@H]2CC[C@@H]1C2. The van der Waals surface area contributed by atoms with Crippen molar-refractivity contribution in [3.63, 3.8) is 0 Å². The number of carbonyl (C=O) groups is 1. The molecule has 0 saturated heterocycles. The molecule has 2 fully saturated rings. The Morgan fingerprint density at radius 2 is 1.96 bits per heavy atom. The molecule has 2 bridgehead atoms. The lowest BCUT2D eigenvalue weighted by Crippen LogP contribution is -2.45. The van der Waals surface area contributed by atoms with Crippen molar-refractivity contribution in [1.82, 2.24) is 5.32 Å². The van der Waals surface area contributed by atoms with Gasteiger partial charge in [-0.15, -0.1) is 0 Å². The highest BCUT2D eigenvalue weighted by molar-refractivity contribution is 5.81. The average molecular weight is 332 g/mol. The van der Waals surface area contributed by atoms with Gasteiger partial charge in [0, 0.05) is 18.2 Å². The highest BCUT2D eigenvalue weighted by Crippen LogP contribution is 2.49. The fourth-order valence-electron chi connectivity index (χ4n) is 4.26. The minimum absolute atomic E-state index is 0.00404. The van der Waals surface area contributed by atoms with E-state index in [1.165, 1.54) is 49.9 Å². The van der Waals surface area contributed by atoms with Gasteiger partial charge < -0.3 is 10.1 Å². The third kappa shape index (κ3) is 3.52. The van der Waals surface area contributed by atoms with Gasteiger partial charge in [0.15, 0.2) is 6.10 Å². The van der Waals surface area contributed by atoms with Gasteiger partial charge in [-0.3, -0.25) is 14.9 Å². The highest BCUT2D eigenvalue weighted by Gasteiger charge is 2.42. The smallest absolute Gasteiger partial charge is 0.269 e. The summed E-state index contributed by atoms with van der Waals surface area (Å²) < 4.78 is 5.60. The molecule has 0 heterocycles. The highest BCUT2D eigenvalue weighted by atomic mass is 16.6. The molecule has 0 unspecified atom stereocenters. The normalized spacial score (nSPS) is 27.5. The number of fused-ring (bicyclic) bond motifs is 2. The monoisotopic (exact) mass is 332 g/mol. The minimum Gasteiger partial charge on any atom is -0.481 e. The van der Waals surface area contributed by atoms with Crippen molar-refractivity contribution in [2.45, 2.75) is 51.7 Å².